The second kappa shape index (κ2) is 6.12. The molecule has 1 N–H and O–H groups in total. The molecule has 4 nitrogen and oxygen atoms in total. The quantitative estimate of drug-likeness (QED) is 0.891. The van der Waals surface area contributed by atoms with Crippen molar-refractivity contribution in [1.82, 2.24) is 9.55 Å². The molecule has 0 aliphatic heterocycles. The molecular formula is C14H14FN3O. The van der Waals surface area contributed by atoms with E-state index < -0.39 is 0 Å². The van der Waals surface area contributed by atoms with Crippen LogP contribution in [-0.2, 0) is 13.0 Å². The van der Waals surface area contributed by atoms with Gasteiger partial charge < -0.3 is 9.67 Å². The van der Waals surface area contributed by atoms with Gasteiger partial charge in [-0.05, 0) is 25.0 Å². The Hall–Kier alpha value is -2.19. The van der Waals surface area contributed by atoms with Crippen LogP contribution in [0.1, 0.15) is 23.2 Å². The van der Waals surface area contributed by atoms with Crippen LogP contribution in [0.25, 0.3) is 0 Å². The first-order valence-corrected chi connectivity index (χ1v) is 6.03. The van der Waals surface area contributed by atoms with Gasteiger partial charge >= 0.3 is 0 Å². The van der Waals surface area contributed by atoms with Crippen LogP contribution < -0.4 is 0 Å². The summed E-state index contributed by atoms with van der Waals surface area (Å²) in [5, 5.41) is 17.5. The Labute approximate surface area is 110 Å². The summed E-state index contributed by atoms with van der Waals surface area (Å²) in [7, 11) is 0. The molecule has 0 spiro atoms. The predicted octanol–water partition coefficient (Wildman–Crippen LogP) is 1.87. The molecule has 0 aliphatic carbocycles. The molecule has 0 atom stereocenters. The van der Waals surface area contributed by atoms with Gasteiger partial charge in [0, 0.05) is 24.1 Å². The molecule has 0 aliphatic rings. The minimum atomic E-state index is -0.388. The molecule has 98 valence electrons. The highest BCUT2D eigenvalue weighted by Gasteiger charge is 2.07. The zero-order chi connectivity index (χ0) is 13.7. The molecule has 1 aromatic carbocycles. The number of benzene rings is 1. The first-order valence-electron chi connectivity index (χ1n) is 6.03. The minimum Gasteiger partial charge on any atom is -0.396 e. The average molecular weight is 259 g/mol. The molecule has 1 heterocycles. The molecule has 0 unspecified atom stereocenters. The van der Waals surface area contributed by atoms with Gasteiger partial charge in [-0.25, -0.2) is 9.37 Å². The van der Waals surface area contributed by atoms with E-state index in [1.807, 2.05) is 10.6 Å². The summed E-state index contributed by atoms with van der Waals surface area (Å²) in [6, 6.07) is 6.36. The third kappa shape index (κ3) is 3.18. The van der Waals surface area contributed by atoms with Crippen LogP contribution >= 0.6 is 0 Å². The van der Waals surface area contributed by atoms with Crippen molar-refractivity contribution in [1.29, 1.82) is 5.26 Å². The number of aryl methyl sites for hydroxylation is 1. The van der Waals surface area contributed by atoms with Gasteiger partial charge in [0.1, 0.15) is 5.82 Å². The van der Waals surface area contributed by atoms with Crippen molar-refractivity contribution >= 4 is 0 Å². The van der Waals surface area contributed by atoms with Crippen LogP contribution in [0.3, 0.4) is 0 Å². The fourth-order valence-corrected chi connectivity index (χ4v) is 1.89. The Bertz CT molecular complexity index is 601. The van der Waals surface area contributed by atoms with E-state index in [9.17, 15) is 4.39 Å². The number of hydrogen-bond donors (Lipinski definition) is 1. The highest BCUT2D eigenvalue weighted by atomic mass is 19.1. The van der Waals surface area contributed by atoms with E-state index >= 15 is 0 Å². The van der Waals surface area contributed by atoms with Gasteiger partial charge in [0.25, 0.3) is 0 Å². The third-order valence-electron chi connectivity index (χ3n) is 2.91. The predicted molar refractivity (Wildman–Crippen MR) is 67.9 cm³/mol. The Morgan fingerprint density at radius 2 is 2.26 bits per heavy atom. The van der Waals surface area contributed by atoms with Gasteiger partial charge in [0.15, 0.2) is 0 Å². The van der Waals surface area contributed by atoms with E-state index in [1.165, 1.54) is 6.07 Å². The lowest BCUT2D eigenvalue weighted by molar-refractivity contribution is 0.287. The van der Waals surface area contributed by atoms with E-state index in [2.05, 4.69) is 4.98 Å². The van der Waals surface area contributed by atoms with Crippen molar-refractivity contribution in [3.05, 3.63) is 53.4 Å². The summed E-state index contributed by atoms with van der Waals surface area (Å²) in [6.45, 7) is 0.495. The maximum Gasteiger partial charge on any atom is 0.129 e. The number of halogens is 1. The summed E-state index contributed by atoms with van der Waals surface area (Å²) in [4.78, 5) is 4.04. The van der Waals surface area contributed by atoms with Gasteiger partial charge in [-0.3, -0.25) is 0 Å². The Morgan fingerprint density at radius 3 is 2.95 bits per heavy atom. The van der Waals surface area contributed by atoms with Crippen molar-refractivity contribution in [2.75, 3.05) is 6.61 Å². The highest BCUT2D eigenvalue weighted by Crippen LogP contribution is 2.13. The van der Waals surface area contributed by atoms with Crippen LogP contribution in [0.2, 0.25) is 0 Å². The Morgan fingerprint density at radius 1 is 1.42 bits per heavy atom. The lowest BCUT2D eigenvalue weighted by atomic mass is 10.1. The fraction of sp³-hybridized carbons (Fsp3) is 0.286. The molecule has 0 amide bonds. The second-order valence-corrected chi connectivity index (χ2v) is 4.26. The van der Waals surface area contributed by atoms with Gasteiger partial charge in [-0.2, -0.15) is 5.26 Å². The molecule has 1 aromatic heterocycles. The van der Waals surface area contributed by atoms with Crippen molar-refractivity contribution in [2.45, 2.75) is 19.4 Å². The lowest BCUT2D eigenvalue weighted by Crippen LogP contribution is -2.05. The van der Waals surface area contributed by atoms with Crippen molar-refractivity contribution in [3.63, 3.8) is 0 Å². The topological polar surface area (TPSA) is 61.8 Å². The summed E-state index contributed by atoms with van der Waals surface area (Å²) in [5.74, 6) is -0.388. The normalized spacial score (nSPS) is 10.4. The summed E-state index contributed by atoms with van der Waals surface area (Å²) >= 11 is 0. The van der Waals surface area contributed by atoms with Crippen molar-refractivity contribution in [3.8, 4) is 6.07 Å². The molecule has 0 saturated carbocycles. The molecule has 5 heteroatoms. The molecule has 19 heavy (non-hydrogen) atoms. The van der Waals surface area contributed by atoms with E-state index in [0.29, 0.717) is 30.5 Å². The van der Waals surface area contributed by atoms with E-state index in [-0.39, 0.29) is 12.4 Å². The Balaban J connectivity index is 2.17. The number of imidazole rings is 1. The number of nitriles is 1. The number of rotatable bonds is 5. The molecule has 0 radical (unpaired) electrons. The first-order chi connectivity index (χ1) is 9.24. The SMILES string of the molecule is N#Cc1ccc(Cn2cncc2CCCO)c(F)c1. The zero-order valence-electron chi connectivity index (χ0n) is 10.4. The number of aromatic nitrogens is 2. The summed E-state index contributed by atoms with van der Waals surface area (Å²) in [6.07, 6.45) is 4.72. The summed E-state index contributed by atoms with van der Waals surface area (Å²) in [5.41, 5.74) is 1.78. The highest BCUT2D eigenvalue weighted by molar-refractivity contribution is 5.33. The summed E-state index contributed by atoms with van der Waals surface area (Å²) < 4.78 is 15.6. The monoisotopic (exact) mass is 259 g/mol. The maximum absolute atomic E-state index is 13.8. The van der Waals surface area contributed by atoms with Gasteiger partial charge in [0.05, 0.1) is 24.5 Å². The maximum atomic E-state index is 13.8. The second-order valence-electron chi connectivity index (χ2n) is 4.26. The first kappa shape index (κ1) is 13.2. The number of aliphatic hydroxyl groups excluding tert-OH is 1. The largest absolute Gasteiger partial charge is 0.396 e. The molecule has 0 bridgehead atoms. The van der Waals surface area contributed by atoms with Gasteiger partial charge in [-0.1, -0.05) is 6.07 Å². The smallest absolute Gasteiger partial charge is 0.129 e. The Kier molecular flexibility index (Phi) is 4.26. The zero-order valence-corrected chi connectivity index (χ0v) is 10.4. The molecular weight excluding hydrogens is 245 g/mol. The van der Waals surface area contributed by atoms with Crippen LogP contribution in [0, 0.1) is 17.1 Å². The van der Waals surface area contributed by atoms with Gasteiger partial charge in [0.2, 0.25) is 0 Å². The van der Waals surface area contributed by atoms with Crippen LogP contribution in [0.4, 0.5) is 4.39 Å². The fourth-order valence-electron chi connectivity index (χ4n) is 1.89. The molecule has 0 fully saturated rings. The van der Waals surface area contributed by atoms with E-state index in [1.54, 1.807) is 24.7 Å². The average Bonchev–Trinajstić information content (AvgIpc) is 2.86. The molecule has 2 rings (SSSR count). The minimum absolute atomic E-state index is 0.121. The van der Waals surface area contributed by atoms with Crippen LogP contribution in [0.15, 0.2) is 30.7 Å². The number of nitrogens with zero attached hydrogens (tertiary/aromatic N) is 3. The number of hydrogen-bond acceptors (Lipinski definition) is 3. The standard InChI is InChI=1S/C14H14FN3O/c15-14-6-11(7-16)3-4-12(14)9-18-10-17-8-13(18)2-1-5-19/h3-4,6,8,10,19H,1-2,5,9H2. The van der Waals surface area contributed by atoms with Crippen molar-refractivity contribution in [2.24, 2.45) is 0 Å². The number of aliphatic hydroxyl groups is 1. The third-order valence-corrected chi connectivity index (χ3v) is 2.91. The molecule has 2 aromatic rings. The van der Waals surface area contributed by atoms with Gasteiger partial charge in [-0.15, -0.1) is 0 Å². The van der Waals surface area contributed by atoms with E-state index in [0.717, 1.165) is 5.69 Å². The van der Waals surface area contributed by atoms with Crippen LogP contribution in [-0.4, -0.2) is 21.3 Å². The molecule has 0 saturated heterocycles. The van der Waals surface area contributed by atoms with Crippen LogP contribution in [0.5, 0.6) is 0 Å². The lowest BCUT2D eigenvalue weighted by Gasteiger charge is -2.08. The van der Waals surface area contributed by atoms with Crippen molar-refractivity contribution < 1.29 is 9.50 Å². The van der Waals surface area contributed by atoms with E-state index in [4.69, 9.17) is 10.4 Å².